The van der Waals surface area contributed by atoms with E-state index in [1.54, 1.807) is 0 Å². The molecular weight excluding hydrogens is 363 g/mol. The Morgan fingerprint density at radius 1 is 0.708 bits per heavy atom. The molecule has 0 aliphatic carbocycles. The summed E-state index contributed by atoms with van der Waals surface area (Å²) in [4.78, 5) is 4.00. The quantitative estimate of drug-likeness (QED) is 0.567. The van der Waals surface area contributed by atoms with Crippen LogP contribution in [0, 0.1) is 0 Å². The maximum atomic E-state index is 5.65. The fraction of sp³-hybridized carbons (Fsp3) is 1.00. The van der Waals surface area contributed by atoms with E-state index < -0.39 is 22.5 Å². The van der Waals surface area contributed by atoms with Gasteiger partial charge in [0.15, 0.2) is 7.51 Å². The van der Waals surface area contributed by atoms with Crippen LogP contribution in [0.15, 0.2) is 13.8 Å². The normalized spacial score (nSPS) is 41.0. The van der Waals surface area contributed by atoms with Crippen LogP contribution in [-0.2, 0) is 0 Å². The molecule has 6 heterocycles. The van der Waals surface area contributed by atoms with Crippen molar-refractivity contribution in [2.75, 3.05) is 65.4 Å². The van der Waals surface area contributed by atoms with E-state index in [2.05, 4.69) is 28.6 Å². The zero-order chi connectivity index (χ0) is 15.8. The minimum absolute atomic E-state index is 0.942. The van der Waals surface area contributed by atoms with E-state index in [4.69, 9.17) is 13.8 Å². The average molecular weight is 389 g/mol. The van der Waals surface area contributed by atoms with Crippen LogP contribution in [0.5, 0.6) is 0 Å². The molecule has 0 bridgehead atoms. The smallest absolute Gasteiger partial charge is 0.220 e. The molecule has 0 saturated carbocycles. The van der Waals surface area contributed by atoms with Crippen molar-refractivity contribution in [1.29, 1.82) is 0 Å². The number of rotatable bonds is 4. The summed E-state index contributed by atoms with van der Waals surface area (Å²) in [5.41, 5.74) is 0. The third-order valence-corrected chi connectivity index (χ3v) is 17.3. The standard InChI is InChI=1S/C12H26N9P3/c1-2-4-14-22(13-3-1)15-23(18-5-6-18,19-7-8-19)17-24(16-22,20-9-10-20)21-11-12-21/h13,15H,1-12H2. The van der Waals surface area contributed by atoms with Crippen molar-refractivity contribution >= 4 is 22.5 Å². The molecule has 6 aliphatic rings. The molecule has 6 rings (SSSR count). The Kier molecular flexibility index (Phi) is 3.39. The van der Waals surface area contributed by atoms with E-state index >= 15 is 0 Å². The van der Waals surface area contributed by atoms with Crippen molar-refractivity contribution in [2.24, 2.45) is 13.8 Å². The predicted molar refractivity (Wildman–Crippen MR) is 99.6 cm³/mol. The first-order chi connectivity index (χ1) is 11.7. The fourth-order valence-corrected chi connectivity index (χ4v) is 18.3. The predicted octanol–water partition coefficient (Wildman–Crippen LogP) is 2.07. The summed E-state index contributed by atoms with van der Waals surface area (Å²) in [6.45, 7) is 11.4. The van der Waals surface area contributed by atoms with Gasteiger partial charge < -0.3 is 0 Å². The third-order valence-electron chi connectivity index (χ3n) is 5.23. The molecule has 1 spiro atoms. The highest BCUT2D eigenvalue weighted by atomic mass is 31.3. The molecule has 1 unspecified atom stereocenters. The number of hydrogen-bond acceptors (Lipinski definition) is 9. The minimum Gasteiger partial charge on any atom is -0.255 e. The van der Waals surface area contributed by atoms with Gasteiger partial charge in [0.2, 0.25) is 15.0 Å². The molecule has 0 aromatic heterocycles. The van der Waals surface area contributed by atoms with Crippen LogP contribution in [0.25, 0.3) is 0 Å². The second kappa shape index (κ2) is 5.25. The second-order valence-electron chi connectivity index (χ2n) is 7.28. The van der Waals surface area contributed by atoms with Crippen LogP contribution in [0.3, 0.4) is 0 Å². The molecule has 4 fully saturated rings. The van der Waals surface area contributed by atoms with Crippen molar-refractivity contribution in [1.82, 2.24) is 28.6 Å². The van der Waals surface area contributed by atoms with Crippen molar-refractivity contribution in [3.63, 3.8) is 0 Å². The molecule has 0 amide bonds. The van der Waals surface area contributed by atoms with Crippen LogP contribution in [0.4, 0.5) is 0 Å². The first-order valence-electron chi connectivity index (χ1n) is 9.17. The fourth-order valence-electron chi connectivity index (χ4n) is 3.55. The van der Waals surface area contributed by atoms with Crippen LogP contribution in [0.2, 0.25) is 0 Å². The molecule has 0 aromatic carbocycles. The van der Waals surface area contributed by atoms with Gasteiger partial charge in [0.25, 0.3) is 0 Å². The highest BCUT2D eigenvalue weighted by Gasteiger charge is 2.57. The van der Waals surface area contributed by atoms with E-state index in [9.17, 15) is 0 Å². The average Bonchev–Trinajstić information content (AvgIpc) is 3.40. The van der Waals surface area contributed by atoms with Gasteiger partial charge in [-0.25, -0.2) is 18.7 Å². The molecule has 9 nitrogen and oxygen atoms in total. The molecule has 0 aromatic rings. The van der Waals surface area contributed by atoms with Crippen molar-refractivity contribution in [2.45, 2.75) is 12.8 Å². The van der Waals surface area contributed by atoms with E-state index in [0.717, 1.165) is 39.3 Å². The molecule has 4 saturated heterocycles. The molecule has 24 heavy (non-hydrogen) atoms. The van der Waals surface area contributed by atoms with Gasteiger partial charge in [0, 0.05) is 65.4 Å². The lowest BCUT2D eigenvalue weighted by molar-refractivity contribution is 0.738. The molecule has 0 radical (unpaired) electrons. The zero-order valence-corrected chi connectivity index (χ0v) is 16.6. The summed E-state index contributed by atoms with van der Waals surface area (Å²) >= 11 is 0. The van der Waals surface area contributed by atoms with E-state index in [1.807, 2.05) is 0 Å². The number of hydrogen-bond donors (Lipinski definition) is 2. The third kappa shape index (κ3) is 2.41. The Balaban J connectivity index is 1.59. The van der Waals surface area contributed by atoms with Gasteiger partial charge in [-0.3, -0.25) is 9.83 Å². The number of nitrogens with one attached hydrogen (secondary N) is 2. The zero-order valence-electron chi connectivity index (χ0n) is 14.0. The summed E-state index contributed by atoms with van der Waals surface area (Å²) < 4.78 is 26.6. The first-order valence-corrected chi connectivity index (χ1v) is 14.1. The maximum absolute atomic E-state index is 5.65. The molecule has 1 atom stereocenters. The summed E-state index contributed by atoms with van der Waals surface area (Å²) in [6, 6.07) is 0. The summed E-state index contributed by atoms with van der Waals surface area (Å²) in [5, 5.41) is 3.79. The van der Waals surface area contributed by atoms with Gasteiger partial charge in [0.05, 0.1) is 0 Å². The van der Waals surface area contributed by atoms with Crippen LogP contribution in [0.1, 0.15) is 12.8 Å². The van der Waals surface area contributed by atoms with Gasteiger partial charge in [-0.15, -0.1) is 0 Å². The molecular formula is C12H26N9P3. The van der Waals surface area contributed by atoms with Crippen molar-refractivity contribution in [3.8, 4) is 0 Å². The highest BCUT2D eigenvalue weighted by molar-refractivity contribution is 7.85. The van der Waals surface area contributed by atoms with Crippen LogP contribution >= 0.6 is 22.5 Å². The van der Waals surface area contributed by atoms with Crippen molar-refractivity contribution in [3.05, 3.63) is 0 Å². The summed E-state index contributed by atoms with van der Waals surface area (Å²) in [6.07, 6.45) is 2.39. The molecule has 2 N–H and O–H groups in total. The van der Waals surface area contributed by atoms with Crippen LogP contribution < -0.4 is 9.95 Å². The Bertz CT molecular complexity index is 700. The van der Waals surface area contributed by atoms with Crippen molar-refractivity contribution < 1.29 is 0 Å². The topological polar surface area (TPSA) is 73.2 Å². The maximum Gasteiger partial charge on any atom is 0.220 e. The second-order valence-corrected chi connectivity index (χ2v) is 15.8. The minimum atomic E-state index is -2.04. The molecule has 12 heteroatoms. The Morgan fingerprint density at radius 2 is 1.33 bits per heavy atom. The van der Waals surface area contributed by atoms with Gasteiger partial charge in [0.1, 0.15) is 0 Å². The lowest BCUT2D eigenvalue weighted by atomic mass is 10.3. The Hall–Kier alpha value is 0.450. The number of nitrogens with zero attached hydrogens (tertiary/aromatic N) is 7. The van der Waals surface area contributed by atoms with Gasteiger partial charge in [-0.1, -0.05) is 0 Å². The van der Waals surface area contributed by atoms with Crippen LogP contribution in [-0.4, -0.2) is 84.1 Å². The van der Waals surface area contributed by atoms with Gasteiger partial charge in [-0.2, -0.15) is 13.9 Å². The molecule has 134 valence electrons. The Morgan fingerprint density at radius 3 is 1.92 bits per heavy atom. The Labute approximate surface area is 143 Å². The van der Waals surface area contributed by atoms with E-state index in [1.165, 1.54) is 39.0 Å². The first kappa shape index (κ1) is 15.5. The highest BCUT2D eigenvalue weighted by Crippen LogP contribution is 2.82. The van der Waals surface area contributed by atoms with Gasteiger partial charge in [-0.05, 0) is 12.8 Å². The largest absolute Gasteiger partial charge is 0.255 e. The summed E-state index contributed by atoms with van der Waals surface area (Å²) in [7, 11) is -5.75. The molecule has 6 aliphatic heterocycles. The summed E-state index contributed by atoms with van der Waals surface area (Å²) in [5.74, 6) is 0. The van der Waals surface area contributed by atoms with E-state index in [-0.39, 0.29) is 0 Å². The van der Waals surface area contributed by atoms with E-state index in [0.29, 0.717) is 0 Å². The lowest BCUT2D eigenvalue weighted by Crippen LogP contribution is -2.28. The SMILES string of the molecule is C1CCNP2(=NC1)N=P(N1CC1)(N1CC1)N=P(N1CC1)(N1CC1)N2. The monoisotopic (exact) mass is 389 g/mol. The van der Waals surface area contributed by atoms with Gasteiger partial charge >= 0.3 is 0 Å². The lowest BCUT2D eigenvalue weighted by Gasteiger charge is -2.41.